The first kappa shape index (κ1) is 14.7. The number of halogens is 4. The van der Waals surface area contributed by atoms with E-state index in [9.17, 15) is 18.0 Å². The van der Waals surface area contributed by atoms with Gasteiger partial charge in [-0.05, 0) is 45.8 Å². The van der Waals surface area contributed by atoms with Gasteiger partial charge in [-0.2, -0.15) is 13.2 Å². The van der Waals surface area contributed by atoms with Gasteiger partial charge >= 0.3 is 6.18 Å². The van der Waals surface area contributed by atoms with Crippen molar-refractivity contribution in [2.45, 2.75) is 12.6 Å². The molecule has 0 unspecified atom stereocenters. The van der Waals surface area contributed by atoms with E-state index in [0.29, 0.717) is 5.56 Å². The zero-order valence-electron chi connectivity index (χ0n) is 10.1. The maximum atomic E-state index is 12.4. The van der Waals surface area contributed by atoms with E-state index in [-0.39, 0.29) is 17.9 Å². The number of alkyl halides is 3. The Morgan fingerprint density at radius 1 is 1.10 bits per heavy atom. The highest BCUT2D eigenvalue weighted by Crippen LogP contribution is 2.29. The summed E-state index contributed by atoms with van der Waals surface area (Å²) in [7, 11) is 0. The smallest absolute Gasteiger partial charge is 0.292 e. The molecule has 0 saturated heterocycles. The maximum Gasteiger partial charge on any atom is 0.416 e. The Bertz CT molecular complexity index is 606. The monoisotopic (exact) mass is 343 g/mol. The number of rotatable bonds is 3. The standard InChI is InChI=1S/C14H9BrF3NO/c15-11-5-6-12(19-8-11)13(20)7-9-1-3-10(4-2-9)14(16,17)18/h1-6,8H,7H2. The highest BCUT2D eigenvalue weighted by molar-refractivity contribution is 9.10. The lowest BCUT2D eigenvalue weighted by atomic mass is 10.0. The molecule has 2 nitrogen and oxygen atoms in total. The fourth-order valence-electron chi connectivity index (χ4n) is 1.63. The first-order valence-electron chi connectivity index (χ1n) is 5.67. The number of hydrogen-bond acceptors (Lipinski definition) is 2. The topological polar surface area (TPSA) is 30.0 Å². The molecule has 1 heterocycles. The Kier molecular flexibility index (Phi) is 4.23. The molecule has 0 atom stereocenters. The minimum Gasteiger partial charge on any atom is -0.292 e. The molecule has 0 spiro atoms. The fourth-order valence-corrected chi connectivity index (χ4v) is 1.86. The van der Waals surface area contributed by atoms with Crippen molar-refractivity contribution in [2.24, 2.45) is 0 Å². The van der Waals surface area contributed by atoms with Crippen molar-refractivity contribution in [3.8, 4) is 0 Å². The van der Waals surface area contributed by atoms with Crippen molar-refractivity contribution in [3.05, 3.63) is 63.9 Å². The molecule has 1 aromatic heterocycles. The van der Waals surface area contributed by atoms with Crippen molar-refractivity contribution >= 4 is 21.7 Å². The van der Waals surface area contributed by atoms with E-state index in [1.54, 1.807) is 12.1 Å². The molecule has 0 saturated carbocycles. The van der Waals surface area contributed by atoms with Gasteiger partial charge in [0.2, 0.25) is 0 Å². The summed E-state index contributed by atoms with van der Waals surface area (Å²) in [4.78, 5) is 15.9. The van der Waals surface area contributed by atoms with Crippen LogP contribution < -0.4 is 0 Å². The van der Waals surface area contributed by atoms with Gasteiger partial charge in [-0.3, -0.25) is 9.78 Å². The average Bonchev–Trinajstić information content (AvgIpc) is 2.39. The Labute approximate surface area is 121 Å². The van der Waals surface area contributed by atoms with Gasteiger partial charge in [-0.25, -0.2) is 0 Å². The number of benzene rings is 1. The van der Waals surface area contributed by atoms with E-state index >= 15 is 0 Å². The van der Waals surface area contributed by atoms with Crippen LogP contribution >= 0.6 is 15.9 Å². The van der Waals surface area contributed by atoms with Crippen LogP contribution in [0.15, 0.2) is 47.1 Å². The van der Waals surface area contributed by atoms with Crippen molar-refractivity contribution in [3.63, 3.8) is 0 Å². The van der Waals surface area contributed by atoms with Crippen molar-refractivity contribution < 1.29 is 18.0 Å². The molecule has 2 aromatic rings. The Hall–Kier alpha value is -1.69. The molecule has 104 valence electrons. The van der Waals surface area contributed by atoms with Crippen LogP contribution in [0.25, 0.3) is 0 Å². The maximum absolute atomic E-state index is 12.4. The number of pyridine rings is 1. The van der Waals surface area contributed by atoms with Crippen LogP contribution in [0.2, 0.25) is 0 Å². The second-order valence-electron chi connectivity index (χ2n) is 4.16. The molecule has 0 fully saturated rings. The molecule has 0 N–H and O–H groups in total. The number of aromatic nitrogens is 1. The summed E-state index contributed by atoms with van der Waals surface area (Å²) in [5.74, 6) is -0.239. The zero-order chi connectivity index (χ0) is 14.8. The first-order chi connectivity index (χ1) is 9.36. The van der Waals surface area contributed by atoms with Crippen molar-refractivity contribution in [2.75, 3.05) is 0 Å². The highest BCUT2D eigenvalue weighted by Gasteiger charge is 2.29. The van der Waals surface area contributed by atoms with Gasteiger partial charge in [0.25, 0.3) is 0 Å². The largest absolute Gasteiger partial charge is 0.416 e. The fraction of sp³-hybridized carbons (Fsp3) is 0.143. The molecule has 6 heteroatoms. The summed E-state index contributed by atoms with van der Waals surface area (Å²) in [6.45, 7) is 0. The molecule has 0 aliphatic heterocycles. The predicted octanol–water partition coefficient (Wildman–Crippen LogP) is 4.29. The molecule has 0 aliphatic carbocycles. The number of hydrogen-bond donors (Lipinski definition) is 0. The van der Waals surface area contributed by atoms with Crippen LogP contribution in [0, 0.1) is 0 Å². The predicted molar refractivity (Wildman–Crippen MR) is 71.4 cm³/mol. The van der Waals surface area contributed by atoms with E-state index in [2.05, 4.69) is 20.9 Å². The summed E-state index contributed by atoms with van der Waals surface area (Å²) in [5.41, 5.74) is 0.0799. The van der Waals surface area contributed by atoms with Crippen LogP contribution in [0.1, 0.15) is 21.6 Å². The lowest BCUT2D eigenvalue weighted by Gasteiger charge is -2.07. The van der Waals surface area contributed by atoms with E-state index in [0.717, 1.165) is 16.6 Å². The Morgan fingerprint density at radius 2 is 1.75 bits per heavy atom. The third kappa shape index (κ3) is 3.66. The number of nitrogens with zero attached hydrogens (tertiary/aromatic N) is 1. The molecule has 0 radical (unpaired) electrons. The minimum atomic E-state index is -4.37. The van der Waals surface area contributed by atoms with E-state index in [4.69, 9.17) is 0 Å². The first-order valence-corrected chi connectivity index (χ1v) is 6.46. The average molecular weight is 344 g/mol. The van der Waals surface area contributed by atoms with Crippen molar-refractivity contribution in [1.82, 2.24) is 4.98 Å². The summed E-state index contributed by atoms with van der Waals surface area (Å²) in [6, 6.07) is 7.80. The van der Waals surface area contributed by atoms with E-state index in [1.807, 2.05) is 0 Å². The quantitative estimate of drug-likeness (QED) is 0.778. The van der Waals surface area contributed by atoms with Crippen LogP contribution in [0.5, 0.6) is 0 Å². The lowest BCUT2D eigenvalue weighted by molar-refractivity contribution is -0.137. The molecule has 2 rings (SSSR count). The summed E-state index contributed by atoms with van der Waals surface area (Å²) < 4.78 is 38.0. The van der Waals surface area contributed by atoms with Gasteiger partial charge in [-0.15, -0.1) is 0 Å². The number of carbonyl (C=O) groups is 1. The second-order valence-corrected chi connectivity index (χ2v) is 5.07. The van der Waals surface area contributed by atoms with Crippen LogP contribution in [-0.4, -0.2) is 10.8 Å². The van der Waals surface area contributed by atoms with Crippen LogP contribution in [-0.2, 0) is 12.6 Å². The van der Waals surface area contributed by atoms with E-state index < -0.39 is 11.7 Å². The second kappa shape index (κ2) is 5.75. The number of ketones is 1. The van der Waals surface area contributed by atoms with Gasteiger partial charge in [0.15, 0.2) is 5.78 Å². The summed E-state index contributed by atoms with van der Waals surface area (Å²) in [5, 5.41) is 0. The van der Waals surface area contributed by atoms with Crippen LogP contribution in [0.4, 0.5) is 13.2 Å². The molecule has 1 aromatic carbocycles. The Balaban J connectivity index is 2.10. The van der Waals surface area contributed by atoms with Gasteiger partial charge in [-0.1, -0.05) is 12.1 Å². The number of carbonyl (C=O) groups excluding carboxylic acids is 1. The lowest BCUT2D eigenvalue weighted by Crippen LogP contribution is -2.07. The Morgan fingerprint density at radius 3 is 2.25 bits per heavy atom. The third-order valence-corrected chi connectivity index (χ3v) is 3.13. The van der Waals surface area contributed by atoms with Gasteiger partial charge in [0, 0.05) is 17.1 Å². The van der Waals surface area contributed by atoms with Gasteiger partial charge < -0.3 is 0 Å². The summed E-state index contributed by atoms with van der Waals surface area (Å²) >= 11 is 3.21. The van der Waals surface area contributed by atoms with Gasteiger partial charge in [0.05, 0.1) is 5.56 Å². The highest BCUT2D eigenvalue weighted by atomic mass is 79.9. The third-order valence-electron chi connectivity index (χ3n) is 2.66. The molecule has 20 heavy (non-hydrogen) atoms. The number of Topliss-reactive ketones (excluding diaryl/α,β-unsaturated/α-hetero) is 1. The van der Waals surface area contributed by atoms with Gasteiger partial charge in [0.1, 0.15) is 5.69 Å². The molecule has 0 aliphatic rings. The summed E-state index contributed by atoms with van der Waals surface area (Å²) in [6.07, 6.45) is -2.84. The molecular formula is C14H9BrF3NO. The molecule has 0 amide bonds. The SMILES string of the molecule is O=C(Cc1ccc(C(F)(F)F)cc1)c1ccc(Br)cn1. The van der Waals surface area contributed by atoms with Crippen LogP contribution in [0.3, 0.4) is 0 Å². The molecule has 0 bridgehead atoms. The van der Waals surface area contributed by atoms with Crippen molar-refractivity contribution in [1.29, 1.82) is 0 Å². The normalized spacial score (nSPS) is 11.4. The van der Waals surface area contributed by atoms with E-state index in [1.165, 1.54) is 18.3 Å². The molecular weight excluding hydrogens is 335 g/mol. The minimum absolute atomic E-state index is 0.0206. The zero-order valence-corrected chi connectivity index (χ0v) is 11.7.